The van der Waals surface area contributed by atoms with Gasteiger partial charge in [0, 0.05) is 25.8 Å². The molecule has 0 saturated carbocycles. The molecule has 1 aliphatic rings. The monoisotopic (exact) mass is 461 g/mol. The van der Waals surface area contributed by atoms with Crippen LogP contribution in [-0.2, 0) is 10.0 Å². The van der Waals surface area contributed by atoms with Gasteiger partial charge in [-0.3, -0.25) is 4.79 Å². The molecule has 0 unspecified atom stereocenters. The zero-order valence-corrected chi connectivity index (χ0v) is 20.5. The summed E-state index contributed by atoms with van der Waals surface area (Å²) < 4.78 is 29.0. The van der Waals surface area contributed by atoms with E-state index in [1.165, 1.54) is 11.8 Å². The van der Waals surface area contributed by atoms with E-state index in [1.807, 2.05) is 51.0 Å². The SMILES string of the molecule is CSc1ncccc1C(=O)N1CCC(CNS(=O)(=O)c2c(C)c(C)cc(C)c2C)CC1. The van der Waals surface area contributed by atoms with Crippen LogP contribution in [0.4, 0.5) is 0 Å². The lowest BCUT2D eigenvalue weighted by Gasteiger charge is -2.32. The summed E-state index contributed by atoms with van der Waals surface area (Å²) >= 11 is 1.47. The summed E-state index contributed by atoms with van der Waals surface area (Å²) in [6, 6.07) is 5.63. The van der Waals surface area contributed by atoms with Crippen molar-refractivity contribution in [2.45, 2.75) is 50.5 Å². The quantitative estimate of drug-likeness (QED) is 0.661. The van der Waals surface area contributed by atoms with Crippen molar-refractivity contribution < 1.29 is 13.2 Å². The summed E-state index contributed by atoms with van der Waals surface area (Å²) in [5.41, 5.74) is 4.20. The highest BCUT2D eigenvalue weighted by molar-refractivity contribution is 7.98. The van der Waals surface area contributed by atoms with Gasteiger partial charge >= 0.3 is 0 Å². The van der Waals surface area contributed by atoms with Crippen LogP contribution in [0.3, 0.4) is 0 Å². The van der Waals surface area contributed by atoms with Gasteiger partial charge in [0.05, 0.1) is 10.5 Å². The van der Waals surface area contributed by atoms with Crippen LogP contribution in [0.5, 0.6) is 0 Å². The summed E-state index contributed by atoms with van der Waals surface area (Å²) in [7, 11) is -3.59. The lowest BCUT2D eigenvalue weighted by Crippen LogP contribution is -2.41. The average Bonchev–Trinajstić information content (AvgIpc) is 2.76. The minimum atomic E-state index is -3.59. The van der Waals surface area contributed by atoms with Crippen LogP contribution >= 0.6 is 11.8 Å². The fourth-order valence-electron chi connectivity index (χ4n) is 4.11. The van der Waals surface area contributed by atoms with Gasteiger partial charge in [-0.25, -0.2) is 18.1 Å². The number of aryl methyl sites for hydroxylation is 2. The number of benzene rings is 1. The average molecular weight is 462 g/mol. The Morgan fingerprint density at radius 1 is 1.16 bits per heavy atom. The molecule has 2 aromatic rings. The molecule has 2 heterocycles. The molecule has 31 heavy (non-hydrogen) atoms. The first-order valence-electron chi connectivity index (χ1n) is 10.5. The number of piperidine rings is 1. The number of hydrogen-bond donors (Lipinski definition) is 1. The maximum atomic E-state index is 13.1. The molecule has 1 N–H and O–H groups in total. The molecule has 0 radical (unpaired) electrons. The lowest BCUT2D eigenvalue weighted by molar-refractivity contribution is 0.0687. The summed E-state index contributed by atoms with van der Waals surface area (Å²) in [6.07, 6.45) is 5.15. The van der Waals surface area contributed by atoms with E-state index in [0.29, 0.717) is 30.1 Å². The van der Waals surface area contributed by atoms with Gasteiger partial charge in [0.25, 0.3) is 5.91 Å². The lowest BCUT2D eigenvalue weighted by atomic mass is 9.97. The van der Waals surface area contributed by atoms with Gasteiger partial charge in [0.15, 0.2) is 0 Å². The van der Waals surface area contributed by atoms with Crippen LogP contribution < -0.4 is 4.72 Å². The van der Waals surface area contributed by atoms with Crippen molar-refractivity contribution in [3.8, 4) is 0 Å². The Bertz CT molecular complexity index is 1050. The Morgan fingerprint density at radius 2 is 1.77 bits per heavy atom. The Kier molecular flexibility index (Phi) is 7.44. The van der Waals surface area contributed by atoms with Gasteiger partial charge in [0.1, 0.15) is 5.03 Å². The maximum absolute atomic E-state index is 13.1. The van der Waals surface area contributed by atoms with E-state index in [-0.39, 0.29) is 11.8 Å². The van der Waals surface area contributed by atoms with Crippen LogP contribution in [0.2, 0.25) is 0 Å². The van der Waals surface area contributed by atoms with Crippen molar-refractivity contribution in [1.82, 2.24) is 14.6 Å². The molecule has 1 saturated heterocycles. The third-order valence-corrected chi connectivity index (χ3v) is 8.63. The zero-order valence-electron chi connectivity index (χ0n) is 18.9. The molecule has 1 fully saturated rings. The van der Waals surface area contributed by atoms with Crippen LogP contribution in [0.15, 0.2) is 34.3 Å². The van der Waals surface area contributed by atoms with E-state index in [9.17, 15) is 13.2 Å². The fraction of sp³-hybridized carbons (Fsp3) is 0.478. The Balaban J connectivity index is 1.63. The van der Waals surface area contributed by atoms with Gasteiger partial charge in [-0.2, -0.15) is 0 Å². The molecule has 0 atom stereocenters. The zero-order chi connectivity index (χ0) is 22.8. The standard InChI is InChI=1S/C23H31N3O3S2/c1-15-13-16(2)18(4)21(17(15)3)31(28,29)25-14-19-8-11-26(12-9-19)23(27)20-7-6-10-24-22(20)30-5/h6-7,10,13,19,25H,8-9,11-12,14H2,1-5H3. The minimum absolute atomic E-state index is 0.00188. The maximum Gasteiger partial charge on any atom is 0.256 e. The van der Waals surface area contributed by atoms with E-state index in [2.05, 4.69) is 9.71 Å². The molecule has 6 nitrogen and oxygen atoms in total. The number of hydrogen-bond acceptors (Lipinski definition) is 5. The normalized spacial score (nSPS) is 15.3. The molecule has 1 aliphatic heterocycles. The van der Waals surface area contributed by atoms with Gasteiger partial charge in [-0.1, -0.05) is 6.07 Å². The van der Waals surface area contributed by atoms with Crippen molar-refractivity contribution in [2.24, 2.45) is 5.92 Å². The van der Waals surface area contributed by atoms with Gasteiger partial charge in [-0.15, -0.1) is 11.8 Å². The van der Waals surface area contributed by atoms with E-state index < -0.39 is 10.0 Å². The van der Waals surface area contributed by atoms with Crippen LogP contribution in [0, 0.1) is 33.6 Å². The molecule has 8 heteroatoms. The predicted octanol–water partition coefficient (Wildman–Crippen LogP) is 3.87. The smallest absolute Gasteiger partial charge is 0.256 e. The number of thioether (sulfide) groups is 1. The molecule has 0 spiro atoms. The first-order valence-corrected chi connectivity index (χ1v) is 13.2. The Labute approximate surface area is 189 Å². The molecular weight excluding hydrogens is 430 g/mol. The summed E-state index contributed by atoms with van der Waals surface area (Å²) in [6.45, 7) is 9.24. The van der Waals surface area contributed by atoms with E-state index in [4.69, 9.17) is 0 Å². The van der Waals surface area contributed by atoms with Crippen molar-refractivity contribution in [2.75, 3.05) is 25.9 Å². The Hall–Kier alpha value is -1.90. The molecule has 3 rings (SSSR count). The second kappa shape index (κ2) is 9.71. The van der Waals surface area contributed by atoms with Gasteiger partial charge in [-0.05, 0) is 87.1 Å². The van der Waals surface area contributed by atoms with Crippen molar-refractivity contribution in [3.05, 3.63) is 52.2 Å². The van der Waals surface area contributed by atoms with E-state index in [0.717, 1.165) is 40.1 Å². The highest BCUT2D eigenvalue weighted by Gasteiger charge is 2.27. The summed E-state index contributed by atoms with van der Waals surface area (Å²) in [5, 5.41) is 0.738. The van der Waals surface area contributed by atoms with Gasteiger partial charge in [0.2, 0.25) is 10.0 Å². The number of likely N-dealkylation sites (tertiary alicyclic amines) is 1. The summed E-state index contributed by atoms with van der Waals surface area (Å²) in [4.78, 5) is 19.4. The fourth-order valence-corrected chi connectivity index (χ4v) is 6.38. The molecule has 1 aromatic heterocycles. The number of nitrogens with zero attached hydrogens (tertiary/aromatic N) is 2. The van der Waals surface area contributed by atoms with Crippen molar-refractivity contribution in [3.63, 3.8) is 0 Å². The number of carbonyl (C=O) groups is 1. The van der Waals surface area contributed by atoms with Crippen LogP contribution in [0.25, 0.3) is 0 Å². The third-order valence-electron chi connectivity index (χ3n) is 6.22. The second-order valence-corrected chi connectivity index (χ2v) is 10.7. The molecule has 0 bridgehead atoms. The van der Waals surface area contributed by atoms with E-state index >= 15 is 0 Å². The highest BCUT2D eigenvalue weighted by atomic mass is 32.2. The van der Waals surface area contributed by atoms with Crippen LogP contribution in [0.1, 0.15) is 45.5 Å². The largest absolute Gasteiger partial charge is 0.339 e. The number of amides is 1. The number of pyridine rings is 1. The first kappa shape index (κ1) is 23.8. The Morgan fingerprint density at radius 3 is 2.35 bits per heavy atom. The topological polar surface area (TPSA) is 79.4 Å². The van der Waals surface area contributed by atoms with E-state index in [1.54, 1.807) is 12.3 Å². The molecule has 168 valence electrons. The minimum Gasteiger partial charge on any atom is -0.339 e. The third kappa shape index (κ3) is 5.13. The van der Waals surface area contributed by atoms with Crippen molar-refractivity contribution >= 4 is 27.7 Å². The highest BCUT2D eigenvalue weighted by Crippen LogP contribution is 2.27. The number of carbonyl (C=O) groups excluding carboxylic acids is 1. The number of sulfonamides is 1. The molecule has 1 aromatic carbocycles. The van der Waals surface area contributed by atoms with Gasteiger partial charge < -0.3 is 4.90 Å². The first-order chi connectivity index (χ1) is 14.7. The second-order valence-electron chi connectivity index (χ2n) is 8.24. The van der Waals surface area contributed by atoms with Crippen LogP contribution in [-0.4, -0.2) is 50.1 Å². The summed E-state index contributed by atoms with van der Waals surface area (Å²) in [5.74, 6) is 0.206. The molecular formula is C23H31N3O3S2. The number of aromatic nitrogens is 1. The molecule has 0 aliphatic carbocycles. The van der Waals surface area contributed by atoms with Crippen molar-refractivity contribution in [1.29, 1.82) is 0 Å². The predicted molar refractivity (Wildman–Crippen MR) is 125 cm³/mol. The number of nitrogens with one attached hydrogen (secondary N) is 1. The number of rotatable bonds is 6. The molecule has 1 amide bonds.